The van der Waals surface area contributed by atoms with Gasteiger partial charge in [-0.3, -0.25) is 4.79 Å². The maximum atomic E-state index is 14.3. The highest BCUT2D eigenvalue weighted by Crippen LogP contribution is 2.42. The molecule has 24 heavy (non-hydrogen) atoms. The van der Waals surface area contributed by atoms with Crippen molar-refractivity contribution < 1.29 is 13.6 Å². The van der Waals surface area contributed by atoms with Crippen LogP contribution in [0.1, 0.15) is 18.9 Å². The quantitative estimate of drug-likeness (QED) is 0.794. The largest absolute Gasteiger partial charge is 0.326 e. The lowest BCUT2D eigenvalue weighted by molar-refractivity contribution is -0.150. The molecule has 1 aliphatic heterocycles. The molecular formula is C20H19F2NO. The Labute approximate surface area is 140 Å². The molecule has 0 aliphatic carbocycles. The summed E-state index contributed by atoms with van der Waals surface area (Å²) in [4.78, 5) is 13.4. The lowest BCUT2D eigenvalue weighted by atomic mass is 9.79. The zero-order valence-corrected chi connectivity index (χ0v) is 13.5. The first-order valence-corrected chi connectivity index (χ1v) is 7.89. The Bertz CT molecular complexity index is 743. The molecule has 2 nitrogen and oxygen atoms in total. The van der Waals surface area contributed by atoms with Crippen LogP contribution in [-0.4, -0.2) is 18.4 Å². The number of hydrogen-bond acceptors (Lipinski definition) is 1. The van der Waals surface area contributed by atoms with Crippen molar-refractivity contribution in [3.63, 3.8) is 0 Å². The van der Waals surface area contributed by atoms with E-state index in [1.807, 2.05) is 36.4 Å². The molecule has 1 heterocycles. The number of piperidine rings is 1. The minimum absolute atomic E-state index is 0.231. The van der Waals surface area contributed by atoms with Gasteiger partial charge in [-0.1, -0.05) is 67.6 Å². The number of amides is 1. The van der Waals surface area contributed by atoms with Gasteiger partial charge in [0.25, 0.3) is 5.91 Å². The summed E-state index contributed by atoms with van der Waals surface area (Å²) in [5, 5.41) is 0. The number of carbonyl (C=O) groups is 1. The van der Waals surface area contributed by atoms with Gasteiger partial charge in [-0.15, -0.1) is 0 Å². The lowest BCUT2D eigenvalue weighted by Crippen LogP contribution is -2.55. The van der Waals surface area contributed by atoms with Crippen molar-refractivity contribution in [3.05, 3.63) is 72.3 Å². The van der Waals surface area contributed by atoms with Crippen LogP contribution < -0.4 is 4.90 Å². The van der Waals surface area contributed by atoms with Crippen LogP contribution in [0, 0.1) is 5.41 Å². The summed E-state index contributed by atoms with van der Waals surface area (Å²) in [5.41, 5.74) is 0.648. The van der Waals surface area contributed by atoms with E-state index >= 15 is 0 Å². The Morgan fingerprint density at radius 3 is 2.21 bits per heavy atom. The third-order valence-electron chi connectivity index (χ3n) is 4.25. The normalized spacial score (nSPS) is 23.6. The highest BCUT2D eigenvalue weighted by molar-refractivity contribution is 5.99. The Kier molecular flexibility index (Phi) is 4.22. The molecule has 2 aromatic rings. The molecule has 0 bridgehead atoms. The molecule has 1 fully saturated rings. The number of nitrogens with zero attached hydrogens (tertiary/aromatic N) is 1. The van der Waals surface area contributed by atoms with Gasteiger partial charge in [-0.2, -0.15) is 8.78 Å². The highest BCUT2D eigenvalue weighted by atomic mass is 19.3. The number of anilines is 1. The minimum atomic E-state index is -3.37. The van der Waals surface area contributed by atoms with Crippen LogP contribution in [0.5, 0.6) is 0 Å². The average Bonchev–Trinajstić information content (AvgIpc) is 2.58. The third-order valence-corrected chi connectivity index (χ3v) is 4.25. The molecule has 2 aromatic carbocycles. The number of halogens is 2. The summed E-state index contributed by atoms with van der Waals surface area (Å²) in [6.07, 6.45) is 3.15. The van der Waals surface area contributed by atoms with Crippen LogP contribution in [0.3, 0.4) is 0 Å². The first kappa shape index (κ1) is 16.4. The van der Waals surface area contributed by atoms with Crippen molar-refractivity contribution in [3.8, 4) is 0 Å². The van der Waals surface area contributed by atoms with Gasteiger partial charge in [0.1, 0.15) is 0 Å². The summed E-state index contributed by atoms with van der Waals surface area (Å²) < 4.78 is 28.7. The van der Waals surface area contributed by atoms with E-state index in [4.69, 9.17) is 0 Å². The smallest absolute Gasteiger partial charge is 0.306 e. The zero-order chi connectivity index (χ0) is 17.2. The fraction of sp³-hybridized carbons (Fsp3) is 0.250. The summed E-state index contributed by atoms with van der Waals surface area (Å²) in [5.74, 6) is -4.50. The minimum Gasteiger partial charge on any atom is -0.306 e. The lowest BCUT2D eigenvalue weighted by Gasteiger charge is -2.42. The van der Waals surface area contributed by atoms with Gasteiger partial charge in [-0.05, 0) is 17.7 Å². The van der Waals surface area contributed by atoms with E-state index in [-0.39, 0.29) is 6.54 Å². The van der Waals surface area contributed by atoms with Gasteiger partial charge in [0, 0.05) is 24.1 Å². The molecule has 0 saturated carbocycles. The zero-order valence-electron chi connectivity index (χ0n) is 13.5. The second-order valence-corrected chi connectivity index (χ2v) is 6.51. The maximum absolute atomic E-state index is 14.3. The van der Waals surface area contributed by atoms with Gasteiger partial charge < -0.3 is 4.90 Å². The molecule has 0 N–H and O–H groups in total. The van der Waals surface area contributed by atoms with E-state index in [0.717, 1.165) is 5.56 Å². The van der Waals surface area contributed by atoms with E-state index in [1.54, 1.807) is 43.3 Å². The number of para-hydroxylation sites is 1. The highest BCUT2D eigenvalue weighted by Gasteiger charge is 2.52. The summed E-state index contributed by atoms with van der Waals surface area (Å²) in [6.45, 7) is 2.00. The van der Waals surface area contributed by atoms with E-state index in [9.17, 15) is 13.6 Å². The first-order valence-electron chi connectivity index (χ1n) is 7.89. The van der Waals surface area contributed by atoms with Crippen molar-refractivity contribution in [2.24, 2.45) is 5.41 Å². The van der Waals surface area contributed by atoms with Crippen LogP contribution in [0.4, 0.5) is 14.5 Å². The Morgan fingerprint density at radius 1 is 1.00 bits per heavy atom. The molecule has 1 aliphatic rings. The summed E-state index contributed by atoms with van der Waals surface area (Å²) in [6, 6.07) is 18.2. The van der Waals surface area contributed by atoms with Crippen LogP contribution in [0.2, 0.25) is 0 Å². The van der Waals surface area contributed by atoms with Crippen molar-refractivity contribution in [2.45, 2.75) is 19.3 Å². The van der Waals surface area contributed by atoms with Crippen molar-refractivity contribution in [1.29, 1.82) is 0 Å². The number of hydrogen-bond donors (Lipinski definition) is 0. The Balaban J connectivity index is 1.91. The number of alkyl halides is 2. The predicted molar refractivity (Wildman–Crippen MR) is 91.9 cm³/mol. The van der Waals surface area contributed by atoms with E-state index in [1.165, 1.54) is 4.90 Å². The van der Waals surface area contributed by atoms with E-state index in [0.29, 0.717) is 5.69 Å². The second-order valence-electron chi connectivity index (χ2n) is 6.51. The second kappa shape index (κ2) is 6.19. The summed E-state index contributed by atoms with van der Waals surface area (Å²) >= 11 is 0. The maximum Gasteiger partial charge on any atom is 0.326 e. The van der Waals surface area contributed by atoms with Gasteiger partial charge in [0.15, 0.2) is 0 Å². The van der Waals surface area contributed by atoms with Crippen molar-refractivity contribution in [2.75, 3.05) is 11.4 Å². The monoisotopic (exact) mass is 327 g/mol. The van der Waals surface area contributed by atoms with Crippen LogP contribution >= 0.6 is 0 Å². The SMILES string of the molecule is CC1(/C=C/c2ccccc2)CN(c2ccccc2)C(=O)C(F)(F)C1. The Hall–Kier alpha value is -2.49. The predicted octanol–water partition coefficient (Wildman–Crippen LogP) is 4.78. The summed E-state index contributed by atoms with van der Waals surface area (Å²) in [7, 11) is 0. The third kappa shape index (κ3) is 3.37. The first-order chi connectivity index (χ1) is 11.4. The molecule has 1 amide bonds. The van der Waals surface area contributed by atoms with Crippen LogP contribution in [0.25, 0.3) is 6.08 Å². The van der Waals surface area contributed by atoms with Gasteiger partial charge in [-0.25, -0.2) is 0 Å². The van der Waals surface area contributed by atoms with Crippen LogP contribution in [-0.2, 0) is 4.79 Å². The van der Waals surface area contributed by atoms with Crippen LogP contribution in [0.15, 0.2) is 66.7 Å². The standard InChI is InChI=1S/C20H19F2NO/c1-19(13-12-16-8-4-2-5-9-16)14-20(21,22)18(24)23(15-19)17-10-6-3-7-11-17/h2-13H,14-15H2,1H3/b13-12+. The molecule has 0 radical (unpaired) electrons. The number of rotatable bonds is 3. The van der Waals surface area contributed by atoms with E-state index in [2.05, 4.69) is 0 Å². The molecule has 0 spiro atoms. The average molecular weight is 327 g/mol. The molecule has 124 valence electrons. The van der Waals surface area contributed by atoms with Gasteiger partial charge in [0.05, 0.1) is 0 Å². The molecule has 1 saturated heterocycles. The van der Waals surface area contributed by atoms with Crippen molar-refractivity contribution >= 4 is 17.7 Å². The fourth-order valence-corrected chi connectivity index (χ4v) is 3.06. The van der Waals surface area contributed by atoms with Gasteiger partial charge >= 0.3 is 5.92 Å². The molecule has 1 unspecified atom stereocenters. The topological polar surface area (TPSA) is 20.3 Å². The molecule has 3 rings (SSSR count). The Morgan fingerprint density at radius 2 is 1.58 bits per heavy atom. The van der Waals surface area contributed by atoms with Crippen molar-refractivity contribution in [1.82, 2.24) is 0 Å². The molecule has 4 heteroatoms. The molecular weight excluding hydrogens is 308 g/mol. The number of carbonyl (C=O) groups excluding carboxylic acids is 1. The van der Waals surface area contributed by atoms with E-state index < -0.39 is 23.7 Å². The molecule has 0 aromatic heterocycles. The fourth-order valence-electron chi connectivity index (χ4n) is 3.06. The molecule has 1 atom stereocenters. The number of benzene rings is 2. The van der Waals surface area contributed by atoms with Gasteiger partial charge in [0.2, 0.25) is 0 Å².